The first-order chi connectivity index (χ1) is 6.61. The second-order valence-corrected chi connectivity index (χ2v) is 6.11. The van der Waals surface area contributed by atoms with E-state index in [1.54, 1.807) is 13.8 Å². The van der Waals surface area contributed by atoms with E-state index in [0.29, 0.717) is 0 Å². The Morgan fingerprint density at radius 1 is 1.40 bits per heavy atom. The lowest BCUT2D eigenvalue weighted by atomic mass is 9.96. The minimum atomic E-state index is -4.58. The van der Waals surface area contributed by atoms with E-state index in [4.69, 9.17) is 15.0 Å². The zero-order chi connectivity index (χ0) is 12.3. The molecule has 88 valence electrons. The van der Waals surface area contributed by atoms with Crippen molar-refractivity contribution < 1.29 is 23.6 Å². The molecular weight excluding hydrogens is 357 g/mol. The number of hydrogen-bond donors (Lipinski definition) is 2. The van der Waals surface area contributed by atoms with Crippen LogP contribution in [-0.4, -0.2) is 19.8 Å². The summed E-state index contributed by atoms with van der Waals surface area (Å²) < 4.78 is 19.6. The quantitative estimate of drug-likeness (QED) is 0.439. The molecule has 2 N–H and O–H groups in total. The molecule has 0 saturated heterocycles. The molecule has 0 rings (SSSR count). The van der Waals surface area contributed by atoms with E-state index in [-0.39, 0.29) is 0 Å². The number of halogens is 2. The zero-order valence-corrected chi connectivity index (χ0v) is 12.0. The molecular formula is C6H10Br2NO5P. The summed E-state index contributed by atoms with van der Waals surface area (Å²) in [6.07, 6.45) is 1.47. The fraction of sp³-hybridized carbons (Fsp3) is 0.833. The summed E-state index contributed by atoms with van der Waals surface area (Å²) >= 11 is 6.03. The Balaban J connectivity index is 4.59. The van der Waals surface area contributed by atoms with Crippen LogP contribution in [0.15, 0.2) is 0 Å². The van der Waals surface area contributed by atoms with Gasteiger partial charge in [0, 0.05) is 5.41 Å². The van der Waals surface area contributed by atoms with Gasteiger partial charge in [0.25, 0.3) is 6.26 Å². The Morgan fingerprint density at radius 3 is 2.20 bits per heavy atom. The van der Waals surface area contributed by atoms with Crippen LogP contribution in [0.4, 0.5) is 0 Å². The molecule has 0 saturated carbocycles. The van der Waals surface area contributed by atoms with Gasteiger partial charge in [0.2, 0.25) is 0 Å². The number of nitriles is 1. The molecule has 0 aromatic carbocycles. The molecule has 0 bridgehead atoms. The van der Waals surface area contributed by atoms with E-state index in [1.165, 1.54) is 6.26 Å². The van der Waals surface area contributed by atoms with Crippen molar-refractivity contribution in [2.45, 2.75) is 23.9 Å². The van der Waals surface area contributed by atoms with Crippen molar-refractivity contribution in [1.82, 2.24) is 0 Å². The third-order valence-corrected chi connectivity index (χ3v) is 5.06. The largest absolute Gasteiger partial charge is 0.470 e. The number of ether oxygens (including phenoxy) is 1. The molecule has 0 aromatic heterocycles. The maximum Gasteiger partial charge on any atom is 0.470 e. The lowest BCUT2D eigenvalue weighted by molar-refractivity contribution is 0.0437. The monoisotopic (exact) mass is 365 g/mol. The summed E-state index contributed by atoms with van der Waals surface area (Å²) in [5.41, 5.74) is -0.850. The lowest BCUT2D eigenvalue weighted by Crippen LogP contribution is -2.35. The van der Waals surface area contributed by atoms with Crippen LogP contribution in [0, 0.1) is 16.9 Å². The number of rotatable bonds is 5. The smallest absolute Gasteiger partial charge is 0.412 e. The van der Waals surface area contributed by atoms with E-state index >= 15 is 0 Å². The highest BCUT2D eigenvalue weighted by molar-refractivity contribution is 9.10. The molecule has 2 unspecified atom stereocenters. The summed E-state index contributed by atoms with van der Waals surface area (Å²) in [5, 5.41) is 6.60. The molecule has 0 radical (unpaired) electrons. The predicted octanol–water partition coefficient (Wildman–Crippen LogP) is 2.06. The van der Waals surface area contributed by atoms with Gasteiger partial charge in [-0.05, 0) is 15.9 Å². The normalized spacial score (nSPS) is 16.6. The molecule has 0 fully saturated rings. The molecule has 9 heteroatoms. The summed E-state index contributed by atoms with van der Waals surface area (Å²) in [6, 6.07) is 0. The minimum Gasteiger partial charge on any atom is -0.412 e. The summed E-state index contributed by atoms with van der Waals surface area (Å²) in [7, 11) is -4.58. The van der Waals surface area contributed by atoms with Crippen LogP contribution in [0.1, 0.15) is 13.8 Å². The number of alkyl halides is 2. The number of phosphoric ester groups is 1. The molecule has 0 aromatic rings. The Bertz CT molecular complexity index is 298. The van der Waals surface area contributed by atoms with Crippen molar-refractivity contribution in [1.29, 1.82) is 5.26 Å². The van der Waals surface area contributed by atoms with Crippen molar-refractivity contribution in [2.75, 3.05) is 0 Å². The van der Waals surface area contributed by atoms with E-state index in [2.05, 4.69) is 41.1 Å². The Hall–Kier alpha value is 0.360. The van der Waals surface area contributed by atoms with Crippen LogP contribution < -0.4 is 0 Å². The Labute approximate surface area is 104 Å². The van der Waals surface area contributed by atoms with Crippen LogP contribution in [0.3, 0.4) is 0 Å². The van der Waals surface area contributed by atoms with E-state index in [0.717, 1.165) is 0 Å². The topological polar surface area (TPSA) is 99.8 Å². The first kappa shape index (κ1) is 15.4. The van der Waals surface area contributed by atoms with Crippen LogP contribution in [0.5, 0.6) is 0 Å². The Morgan fingerprint density at radius 2 is 1.87 bits per heavy atom. The van der Waals surface area contributed by atoms with Crippen molar-refractivity contribution in [2.24, 2.45) is 5.41 Å². The van der Waals surface area contributed by atoms with Gasteiger partial charge in [0.05, 0.1) is 0 Å². The van der Waals surface area contributed by atoms with Gasteiger partial charge in [-0.15, -0.1) is 0 Å². The van der Waals surface area contributed by atoms with Gasteiger partial charge in [0.15, 0.2) is 5.01 Å². The summed E-state index contributed by atoms with van der Waals surface area (Å²) in [5.74, 6) is 0. The van der Waals surface area contributed by atoms with Crippen molar-refractivity contribution in [3.63, 3.8) is 0 Å². The molecule has 0 heterocycles. The summed E-state index contributed by atoms with van der Waals surface area (Å²) in [4.78, 5) is 17.2. The molecule has 15 heavy (non-hydrogen) atoms. The van der Waals surface area contributed by atoms with Crippen molar-refractivity contribution in [3.8, 4) is 6.26 Å². The second-order valence-electron chi connectivity index (χ2n) is 3.26. The predicted molar refractivity (Wildman–Crippen MR) is 59.0 cm³/mol. The number of nitrogens with zero attached hydrogens (tertiary/aromatic N) is 1. The highest BCUT2D eigenvalue weighted by atomic mass is 79.9. The van der Waals surface area contributed by atoms with Gasteiger partial charge in [0.1, 0.15) is 5.01 Å². The maximum atomic E-state index is 10.6. The van der Waals surface area contributed by atoms with Gasteiger partial charge in [-0.1, -0.05) is 29.8 Å². The molecule has 0 amide bonds. The van der Waals surface area contributed by atoms with Gasteiger partial charge in [-0.3, -0.25) is 4.52 Å². The number of hydrogen-bond acceptors (Lipinski definition) is 4. The summed E-state index contributed by atoms with van der Waals surface area (Å²) in [6.45, 7) is 3.22. The average molecular weight is 367 g/mol. The standard InChI is InChI=1S/C6H10Br2NO5P/c1-6(2,4(7)13-3-9)5(8)14-15(10,11)12/h4-5H,1-2H3,(H2,10,11,12). The SMILES string of the molecule is CC(C)(C(Br)OC#N)C(Br)OP(=O)(O)O. The van der Waals surface area contributed by atoms with E-state index < -0.39 is 23.3 Å². The number of phosphoric acid groups is 1. The van der Waals surface area contributed by atoms with Gasteiger partial charge in [-0.25, -0.2) is 4.57 Å². The third-order valence-electron chi connectivity index (χ3n) is 1.56. The molecule has 6 nitrogen and oxygen atoms in total. The molecule has 0 aliphatic carbocycles. The van der Waals surface area contributed by atoms with Crippen LogP contribution in [0.25, 0.3) is 0 Å². The minimum absolute atomic E-state index is 0.731. The second kappa shape index (κ2) is 5.62. The van der Waals surface area contributed by atoms with Crippen molar-refractivity contribution >= 4 is 39.7 Å². The maximum absolute atomic E-state index is 10.6. The van der Waals surface area contributed by atoms with E-state index in [1.807, 2.05) is 0 Å². The first-order valence-corrected chi connectivity index (χ1v) is 7.04. The first-order valence-electron chi connectivity index (χ1n) is 3.68. The molecule has 0 spiro atoms. The molecule has 0 aliphatic rings. The highest BCUT2D eigenvalue weighted by Crippen LogP contribution is 2.46. The highest BCUT2D eigenvalue weighted by Gasteiger charge is 2.40. The van der Waals surface area contributed by atoms with E-state index in [9.17, 15) is 4.57 Å². The van der Waals surface area contributed by atoms with Crippen LogP contribution >= 0.6 is 39.7 Å². The Kier molecular flexibility index (Phi) is 5.75. The third kappa shape index (κ3) is 5.29. The fourth-order valence-corrected chi connectivity index (χ4v) is 2.64. The molecule has 2 atom stereocenters. The lowest BCUT2D eigenvalue weighted by Gasteiger charge is -2.32. The average Bonchev–Trinajstić information content (AvgIpc) is 2.01. The van der Waals surface area contributed by atoms with Crippen LogP contribution in [0.2, 0.25) is 0 Å². The van der Waals surface area contributed by atoms with Gasteiger partial charge in [-0.2, -0.15) is 5.26 Å². The zero-order valence-electron chi connectivity index (χ0n) is 7.92. The fourth-order valence-electron chi connectivity index (χ4n) is 0.558. The van der Waals surface area contributed by atoms with Crippen LogP contribution in [-0.2, 0) is 13.8 Å². The van der Waals surface area contributed by atoms with Crippen molar-refractivity contribution in [3.05, 3.63) is 0 Å². The molecule has 0 aliphatic heterocycles. The van der Waals surface area contributed by atoms with Gasteiger partial charge >= 0.3 is 7.82 Å². The van der Waals surface area contributed by atoms with Gasteiger partial charge < -0.3 is 14.5 Å².